The number of nitrogens with zero attached hydrogens (tertiary/aromatic N) is 2. The maximum absolute atomic E-state index is 13.0. The van der Waals surface area contributed by atoms with Crippen molar-refractivity contribution in [2.24, 2.45) is 0 Å². The van der Waals surface area contributed by atoms with Gasteiger partial charge in [0.2, 0.25) is 5.91 Å². The SMILES string of the molecule is COc1cccc(CO[C@H](CN2CCN(C(=O)Cc3ccc(OC)c(OC)c3)CC2)c2ccc(Cl)cc2)c1. The largest absolute Gasteiger partial charge is 0.497 e. The van der Waals surface area contributed by atoms with E-state index >= 15 is 0 Å². The van der Waals surface area contributed by atoms with Gasteiger partial charge in [-0.05, 0) is 53.1 Å². The third-order valence-corrected chi connectivity index (χ3v) is 7.03. The number of carbonyl (C=O) groups is 1. The first-order valence-corrected chi connectivity index (χ1v) is 13.1. The Morgan fingerprint density at radius 3 is 2.26 bits per heavy atom. The molecule has 0 bridgehead atoms. The summed E-state index contributed by atoms with van der Waals surface area (Å²) in [6.45, 7) is 4.11. The predicted molar refractivity (Wildman–Crippen MR) is 148 cm³/mol. The molecule has 1 aliphatic heterocycles. The first-order chi connectivity index (χ1) is 18.5. The molecule has 3 aromatic carbocycles. The fourth-order valence-corrected chi connectivity index (χ4v) is 4.71. The van der Waals surface area contributed by atoms with Crippen molar-refractivity contribution in [3.63, 3.8) is 0 Å². The molecule has 1 aliphatic rings. The molecule has 7 nitrogen and oxygen atoms in total. The van der Waals surface area contributed by atoms with Gasteiger partial charge in [-0.2, -0.15) is 0 Å². The summed E-state index contributed by atoms with van der Waals surface area (Å²) in [6, 6.07) is 21.3. The van der Waals surface area contributed by atoms with Crippen LogP contribution in [0, 0.1) is 0 Å². The normalized spacial score (nSPS) is 14.7. The van der Waals surface area contributed by atoms with E-state index in [0.717, 1.165) is 42.1 Å². The van der Waals surface area contributed by atoms with Gasteiger partial charge in [0.05, 0.1) is 40.5 Å². The second-order valence-electron chi connectivity index (χ2n) is 9.25. The Labute approximate surface area is 229 Å². The van der Waals surface area contributed by atoms with Gasteiger partial charge in [-0.25, -0.2) is 0 Å². The van der Waals surface area contributed by atoms with E-state index in [2.05, 4.69) is 4.90 Å². The fourth-order valence-electron chi connectivity index (χ4n) is 4.58. The first-order valence-electron chi connectivity index (χ1n) is 12.7. The van der Waals surface area contributed by atoms with Crippen molar-refractivity contribution >= 4 is 17.5 Å². The molecule has 38 heavy (non-hydrogen) atoms. The Hall–Kier alpha value is -3.26. The minimum Gasteiger partial charge on any atom is -0.497 e. The molecule has 0 N–H and O–H groups in total. The average Bonchev–Trinajstić information content (AvgIpc) is 2.96. The smallest absolute Gasteiger partial charge is 0.227 e. The number of ether oxygens (including phenoxy) is 4. The third-order valence-electron chi connectivity index (χ3n) is 6.78. The molecule has 1 amide bonds. The summed E-state index contributed by atoms with van der Waals surface area (Å²) in [6.07, 6.45) is 0.199. The summed E-state index contributed by atoms with van der Waals surface area (Å²) in [5.74, 6) is 2.20. The van der Waals surface area contributed by atoms with Crippen molar-refractivity contribution in [1.29, 1.82) is 0 Å². The molecule has 0 unspecified atom stereocenters. The van der Waals surface area contributed by atoms with Crippen LogP contribution in [-0.2, 0) is 22.6 Å². The van der Waals surface area contributed by atoms with Gasteiger partial charge in [-0.3, -0.25) is 9.69 Å². The van der Waals surface area contributed by atoms with Crippen LogP contribution in [0.15, 0.2) is 66.7 Å². The van der Waals surface area contributed by atoms with Crippen LogP contribution in [-0.4, -0.2) is 69.8 Å². The van der Waals surface area contributed by atoms with E-state index in [-0.39, 0.29) is 12.0 Å². The van der Waals surface area contributed by atoms with Crippen LogP contribution in [0.5, 0.6) is 17.2 Å². The summed E-state index contributed by atoms with van der Waals surface area (Å²) in [5.41, 5.74) is 3.03. The molecule has 1 heterocycles. The van der Waals surface area contributed by atoms with E-state index in [9.17, 15) is 4.79 Å². The van der Waals surface area contributed by atoms with Crippen LogP contribution in [0.2, 0.25) is 5.02 Å². The van der Waals surface area contributed by atoms with Crippen molar-refractivity contribution in [2.75, 3.05) is 54.1 Å². The molecular weight excluding hydrogens is 504 g/mol. The highest BCUT2D eigenvalue weighted by Gasteiger charge is 2.24. The van der Waals surface area contributed by atoms with Gasteiger partial charge in [0.15, 0.2) is 11.5 Å². The molecule has 4 rings (SSSR count). The molecule has 1 saturated heterocycles. The van der Waals surface area contributed by atoms with Gasteiger partial charge in [-0.1, -0.05) is 41.9 Å². The maximum Gasteiger partial charge on any atom is 0.227 e. The van der Waals surface area contributed by atoms with E-state index in [1.165, 1.54) is 0 Å². The molecule has 3 aromatic rings. The first kappa shape index (κ1) is 27.8. The number of methoxy groups -OCH3 is 3. The Balaban J connectivity index is 1.35. The molecule has 202 valence electrons. The number of hydrogen-bond acceptors (Lipinski definition) is 6. The van der Waals surface area contributed by atoms with Crippen LogP contribution in [0.1, 0.15) is 22.8 Å². The van der Waals surface area contributed by atoms with E-state index < -0.39 is 0 Å². The lowest BCUT2D eigenvalue weighted by Crippen LogP contribution is -2.50. The Morgan fingerprint density at radius 2 is 1.58 bits per heavy atom. The maximum atomic E-state index is 13.0. The number of benzene rings is 3. The number of amides is 1. The van der Waals surface area contributed by atoms with Crippen molar-refractivity contribution in [2.45, 2.75) is 19.1 Å². The summed E-state index contributed by atoms with van der Waals surface area (Å²) >= 11 is 6.13. The highest BCUT2D eigenvalue weighted by Crippen LogP contribution is 2.28. The van der Waals surface area contributed by atoms with Crippen molar-refractivity contribution < 1.29 is 23.7 Å². The van der Waals surface area contributed by atoms with Gasteiger partial charge in [-0.15, -0.1) is 0 Å². The Bertz CT molecular complexity index is 1200. The zero-order chi connectivity index (χ0) is 26.9. The number of carbonyl (C=O) groups excluding carboxylic acids is 1. The highest BCUT2D eigenvalue weighted by molar-refractivity contribution is 6.30. The van der Waals surface area contributed by atoms with Crippen LogP contribution < -0.4 is 14.2 Å². The summed E-state index contributed by atoms with van der Waals surface area (Å²) in [7, 11) is 4.86. The quantitative estimate of drug-likeness (QED) is 0.342. The van der Waals surface area contributed by atoms with Crippen LogP contribution in [0.25, 0.3) is 0 Å². The zero-order valence-corrected chi connectivity index (χ0v) is 22.9. The molecule has 0 aliphatic carbocycles. The van der Waals surface area contributed by atoms with Crippen molar-refractivity contribution in [1.82, 2.24) is 9.80 Å². The minimum atomic E-state index is -0.132. The topological polar surface area (TPSA) is 60.5 Å². The van der Waals surface area contributed by atoms with Crippen LogP contribution in [0.3, 0.4) is 0 Å². The van der Waals surface area contributed by atoms with Gasteiger partial charge in [0.25, 0.3) is 0 Å². The molecular formula is C30H35ClN2O5. The third kappa shape index (κ3) is 7.40. The number of rotatable bonds is 11. The van der Waals surface area contributed by atoms with Crippen LogP contribution in [0.4, 0.5) is 0 Å². The van der Waals surface area contributed by atoms with E-state index in [1.807, 2.05) is 71.6 Å². The van der Waals surface area contributed by atoms with Crippen molar-refractivity contribution in [3.05, 3.63) is 88.4 Å². The molecule has 0 radical (unpaired) electrons. The predicted octanol–water partition coefficient (Wildman–Crippen LogP) is 5.01. The molecule has 0 aromatic heterocycles. The molecule has 0 spiro atoms. The Kier molecular flexibility index (Phi) is 9.87. The average molecular weight is 539 g/mol. The summed E-state index contributed by atoms with van der Waals surface area (Å²) < 4.78 is 22.4. The van der Waals surface area contributed by atoms with Gasteiger partial charge in [0, 0.05) is 37.7 Å². The number of hydrogen-bond donors (Lipinski definition) is 0. The number of piperazine rings is 1. The van der Waals surface area contributed by atoms with Crippen molar-refractivity contribution in [3.8, 4) is 17.2 Å². The lowest BCUT2D eigenvalue weighted by atomic mass is 10.1. The summed E-state index contributed by atoms with van der Waals surface area (Å²) in [5, 5.41) is 0.696. The van der Waals surface area contributed by atoms with Gasteiger partial charge in [0.1, 0.15) is 5.75 Å². The number of halogens is 1. The molecule has 1 fully saturated rings. The van der Waals surface area contributed by atoms with Gasteiger partial charge >= 0.3 is 0 Å². The van der Waals surface area contributed by atoms with E-state index in [1.54, 1.807) is 21.3 Å². The monoisotopic (exact) mass is 538 g/mol. The van der Waals surface area contributed by atoms with Crippen LogP contribution >= 0.6 is 11.6 Å². The standard InChI is InChI=1S/C30H35ClN2O5/c1-35-26-6-4-5-23(17-26)21-38-29(24-8-10-25(31)11-9-24)20-32-13-15-33(16-14-32)30(34)19-22-7-12-27(36-2)28(18-22)37-3/h4-12,17-18,29H,13-16,19-21H2,1-3H3/t29-/m1/s1. The van der Waals surface area contributed by atoms with E-state index in [4.69, 9.17) is 30.5 Å². The van der Waals surface area contributed by atoms with E-state index in [0.29, 0.717) is 42.6 Å². The highest BCUT2D eigenvalue weighted by atomic mass is 35.5. The lowest BCUT2D eigenvalue weighted by Gasteiger charge is -2.36. The second kappa shape index (κ2) is 13.5. The fraction of sp³-hybridized carbons (Fsp3) is 0.367. The molecule has 1 atom stereocenters. The minimum absolute atomic E-state index is 0.111. The second-order valence-corrected chi connectivity index (χ2v) is 9.69. The Morgan fingerprint density at radius 1 is 0.842 bits per heavy atom. The summed E-state index contributed by atoms with van der Waals surface area (Å²) in [4.78, 5) is 17.3. The molecule has 0 saturated carbocycles. The molecule has 8 heteroatoms. The van der Waals surface area contributed by atoms with Gasteiger partial charge < -0.3 is 23.8 Å². The lowest BCUT2D eigenvalue weighted by molar-refractivity contribution is -0.132. The zero-order valence-electron chi connectivity index (χ0n) is 22.2.